The Morgan fingerprint density at radius 1 is 0.893 bits per heavy atom. The van der Waals surface area contributed by atoms with Gasteiger partial charge in [-0.2, -0.15) is 0 Å². The molecule has 28 heavy (non-hydrogen) atoms. The van der Waals surface area contributed by atoms with E-state index < -0.39 is 36.7 Å². The molecule has 9 heteroatoms. The molecular formula is C19H37N2NaO6. The molecule has 0 fully saturated rings. The fourth-order valence-electron chi connectivity index (χ4n) is 2.85. The molecule has 0 aromatic rings. The van der Waals surface area contributed by atoms with E-state index in [0.29, 0.717) is 6.42 Å². The van der Waals surface area contributed by atoms with Crippen LogP contribution in [0, 0.1) is 0 Å². The van der Waals surface area contributed by atoms with Gasteiger partial charge in [0.1, 0.15) is 0 Å². The molecule has 0 aliphatic heterocycles. The topological polar surface area (TPSA) is 141 Å². The summed E-state index contributed by atoms with van der Waals surface area (Å²) in [5.74, 6) is -0.415. The van der Waals surface area contributed by atoms with Crippen molar-refractivity contribution in [3.63, 3.8) is 0 Å². The van der Waals surface area contributed by atoms with Crippen LogP contribution < -0.4 is 5.73 Å². The number of carbonyl (C=O) groups excluding carboxylic acids is 1. The number of nitrogens with zero attached hydrogens (tertiary/aromatic N) is 1. The van der Waals surface area contributed by atoms with Gasteiger partial charge < -0.3 is 21.1 Å². The van der Waals surface area contributed by atoms with Crippen molar-refractivity contribution in [2.24, 2.45) is 5.73 Å². The molecular weight excluding hydrogens is 375 g/mol. The number of hydrogen-bond donors (Lipinski definition) is 4. The Morgan fingerprint density at radius 3 is 1.71 bits per heavy atom. The Hall–Kier alpha value is -0.670. The summed E-state index contributed by atoms with van der Waals surface area (Å²) in [5, 5.41) is 27.0. The zero-order chi connectivity index (χ0) is 22.0. The molecule has 8 nitrogen and oxygen atoms in total. The van der Waals surface area contributed by atoms with E-state index in [1.54, 1.807) is 0 Å². The van der Waals surface area contributed by atoms with E-state index in [1.165, 1.54) is 60.0 Å². The molecule has 0 rings (SSSR count). The van der Waals surface area contributed by atoms with Gasteiger partial charge in [0.05, 0.1) is 12.1 Å². The van der Waals surface area contributed by atoms with Crippen LogP contribution in [0.3, 0.4) is 0 Å². The Kier molecular flexibility index (Phi) is 19.4. The third-order valence-corrected chi connectivity index (χ3v) is 4.52. The van der Waals surface area contributed by atoms with Gasteiger partial charge in [0.2, 0.25) is 0 Å². The quantitative estimate of drug-likeness (QED) is 0.238. The number of imide groups is 1. The third kappa shape index (κ3) is 13.5. The van der Waals surface area contributed by atoms with Gasteiger partial charge >= 0.3 is 44.3 Å². The zero-order valence-corrected chi connectivity index (χ0v) is 19.8. The van der Waals surface area contributed by atoms with Crippen molar-refractivity contribution in [2.45, 2.75) is 87.3 Å². The SMILES string of the molecule is CCCCCCCCCCCC(=O)C(N)(CCO)CN(C(=O)O)C(=O)O.[CH3][Na]. The molecule has 0 aliphatic rings. The molecule has 0 bridgehead atoms. The first-order valence-corrected chi connectivity index (χ1v) is 12.4. The third-order valence-electron chi connectivity index (χ3n) is 4.52. The molecule has 1 atom stereocenters. The van der Waals surface area contributed by atoms with Crippen LogP contribution in [-0.2, 0) is 4.79 Å². The van der Waals surface area contributed by atoms with Gasteiger partial charge in [-0.05, 0) is 12.8 Å². The summed E-state index contributed by atoms with van der Waals surface area (Å²) in [7, 11) is 0. The van der Waals surface area contributed by atoms with E-state index >= 15 is 0 Å². The molecule has 0 aromatic heterocycles. The predicted molar refractivity (Wildman–Crippen MR) is 110 cm³/mol. The van der Waals surface area contributed by atoms with Crippen molar-refractivity contribution in [1.29, 1.82) is 0 Å². The number of nitrogens with two attached hydrogens (primary N) is 1. The molecule has 2 amide bonds. The number of ketones is 1. The molecule has 0 spiro atoms. The van der Waals surface area contributed by atoms with Crippen LogP contribution in [0.25, 0.3) is 0 Å². The van der Waals surface area contributed by atoms with Crippen LogP contribution in [0.2, 0.25) is 4.17 Å². The Balaban J connectivity index is 0. The van der Waals surface area contributed by atoms with Gasteiger partial charge in [-0.3, -0.25) is 4.79 Å². The maximum atomic E-state index is 12.4. The van der Waals surface area contributed by atoms with E-state index in [0.717, 1.165) is 19.3 Å². The van der Waals surface area contributed by atoms with Crippen molar-refractivity contribution in [3.05, 3.63) is 0 Å². The van der Waals surface area contributed by atoms with Crippen LogP contribution in [0.15, 0.2) is 0 Å². The summed E-state index contributed by atoms with van der Waals surface area (Å²) in [6.07, 6.45) is 6.38. The van der Waals surface area contributed by atoms with Gasteiger partial charge in [0.25, 0.3) is 0 Å². The fourth-order valence-corrected chi connectivity index (χ4v) is 2.85. The molecule has 0 saturated heterocycles. The number of carbonyl (C=O) groups is 3. The number of aliphatic hydroxyl groups excluding tert-OH is 1. The standard InChI is InChI=1S/C18H34N2O6.CH3.Na/c1-2-3-4-5-6-7-8-9-10-11-15(22)18(19,12-13-21)14-20(16(23)24)17(25)26;;/h21H,2-14,19H2,1H3,(H,23,24)(H,25,26);1H3;. The number of Topliss-reactive ketones (excluding diaryl/α,β-unsaturated/α-hetero) is 1. The van der Waals surface area contributed by atoms with E-state index in [2.05, 4.69) is 11.1 Å². The summed E-state index contributed by atoms with van der Waals surface area (Å²) in [6.45, 7) is 1.08. The average Bonchev–Trinajstić information content (AvgIpc) is 2.66. The number of rotatable bonds is 15. The Morgan fingerprint density at radius 2 is 1.32 bits per heavy atom. The summed E-state index contributed by atoms with van der Waals surface area (Å²) >= 11 is 1.31. The van der Waals surface area contributed by atoms with E-state index in [9.17, 15) is 14.4 Å². The first kappa shape index (κ1) is 29.5. The van der Waals surface area contributed by atoms with Crippen molar-refractivity contribution >= 4 is 45.9 Å². The van der Waals surface area contributed by atoms with Crippen molar-refractivity contribution < 1.29 is 29.7 Å². The zero-order valence-electron chi connectivity index (χ0n) is 17.8. The Bertz CT molecular complexity index is 436. The summed E-state index contributed by atoms with van der Waals surface area (Å²) in [6, 6.07) is 0. The molecule has 160 valence electrons. The second-order valence-electron chi connectivity index (χ2n) is 6.78. The van der Waals surface area contributed by atoms with E-state index in [1.807, 2.05) is 0 Å². The first-order chi connectivity index (χ1) is 13.3. The van der Waals surface area contributed by atoms with Crippen LogP contribution in [0.4, 0.5) is 9.59 Å². The van der Waals surface area contributed by atoms with Gasteiger partial charge in [-0.15, -0.1) is 0 Å². The van der Waals surface area contributed by atoms with Crippen LogP contribution in [0.5, 0.6) is 0 Å². The number of carboxylic acid groups (broad SMARTS) is 2. The van der Waals surface area contributed by atoms with Crippen molar-refractivity contribution in [3.8, 4) is 0 Å². The van der Waals surface area contributed by atoms with Crippen LogP contribution >= 0.6 is 0 Å². The normalized spacial score (nSPS) is 12.5. The molecule has 5 N–H and O–H groups in total. The second kappa shape index (κ2) is 18.4. The van der Waals surface area contributed by atoms with Crippen LogP contribution in [-0.4, -0.2) is 84.8 Å². The number of hydrogen-bond acceptors (Lipinski definition) is 5. The van der Waals surface area contributed by atoms with Crippen molar-refractivity contribution in [2.75, 3.05) is 13.2 Å². The summed E-state index contributed by atoms with van der Waals surface area (Å²) < 4.78 is 2.14. The molecule has 1 unspecified atom stereocenters. The summed E-state index contributed by atoms with van der Waals surface area (Å²) in [5.41, 5.74) is 4.27. The first-order valence-electron chi connectivity index (χ1n) is 10.4. The average molecular weight is 413 g/mol. The second-order valence-corrected chi connectivity index (χ2v) is 6.78. The van der Waals surface area contributed by atoms with Crippen molar-refractivity contribution in [1.82, 2.24) is 4.90 Å². The molecule has 0 aliphatic carbocycles. The summed E-state index contributed by atoms with van der Waals surface area (Å²) in [4.78, 5) is 34.5. The molecule has 0 heterocycles. The van der Waals surface area contributed by atoms with Gasteiger partial charge in [0, 0.05) is 13.0 Å². The van der Waals surface area contributed by atoms with E-state index in [-0.39, 0.29) is 17.7 Å². The minimum absolute atomic E-state index is 0.0872. The predicted octanol–water partition coefficient (Wildman–Crippen LogP) is 3.42. The van der Waals surface area contributed by atoms with E-state index in [4.69, 9.17) is 21.1 Å². The molecule has 0 radical (unpaired) electrons. The maximum absolute atomic E-state index is 12.4. The Labute approximate surface area is 186 Å². The number of amides is 2. The van der Waals surface area contributed by atoms with Gasteiger partial charge in [-0.1, -0.05) is 58.3 Å². The number of aliphatic hydroxyl groups is 1. The molecule has 0 aromatic carbocycles. The van der Waals surface area contributed by atoms with Crippen LogP contribution in [0.1, 0.15) is 77.6 Å². The van der Waals surface area contributed by atoms with Gasteiger partial charge in [-0.25, -0.2) is 14.5 Å². The monoisotopic (exact) mass is 412 g/mol. The fraction of sp³-hybridized carbons (Fsp3) is 0.842. The minimum atomic E-state index is -1.69. The molecule has 0 saturated carbocycles. The number of unbranched alkanes of at least 4 members (excludes halogenated alkanes) is 8. The van der Waals surface area contributed by atoms with Gasteiger partial charge in [0.15, 0.2) is 5.78 Å².